The Morgan fingerprint density at radius 3 is 1.85 bits per heavy atom. The van der Waals surface area contributed by atoms with Gasteiger partial charge in [-0.15, -0.1) is 0 Å². The molecular weight excluding hydrogens is 345 g/mol. The lowest BCUT2D eigenvalue weighted by atomic mass is 9.83. The van der Waals surface area contributed by atoms with Crippen LogP contribution in [0.5, 0.6) is 0 Å². The Morgan fingerprint density at radius 1 is 1.04 bits per heavy atom. The molecule has 0 radical (unpaired) electrons. The van der Waals surface area contributed by atoms with Gasteiger partial charge in [0.25, 0.3) is 0 Å². The number of aliphatic hydroxyl groups is 1. The number of nitrogens with zero attached hydrogens (tertiary/aromatic N) is 1. The fourth-order valence-electron chi connectivity index (χ4n) is 2.39. The lowest BCUT2D eigenvalue weighted by Gasteiger charge is -2.37. The maximum Gasteiger partial charge on any atom is 0.309 e. The van der Waals surface area contributed by atoms with Gasteiger partial charge < -0.3 is 20.4 Å². The largest absolute Gasteiger partial charge is 0.427 e. The molecule has 7 nitrogen and oxygen atoms in total. The van der Waals surface area contributed by atoms with Crippen LogP contribution in [0.15, 0.2) is 12.1 Å². The third-order valence-electron chi connectivity index (χ3n) is 5.36. The maximum atomic E-state index is 12.1. The molecule has 0 bridgehead atoms. The van der Waals surface area contributed by atoms with Crippen LogP contribution in [0.25, 0.3) is 0 Å². The minimum atomic E-state index is -1.02. The van der Waals surface area contributed by atoms with E-state index < -0.39 is 11.2 Å². The van der Waals surface area contributed by atoms with E-state index in [4.69, 9.17) is 4.65 Å². The van der Waals surface area contributed by atoms with Crippen molar-refractivity contribution < 1.29 is 19.3 Å². The molecule has 27 heavy (non-hydrogen) atoms. The van der Waals surface area contributed by atoms with Crippen LogP contribution in [0.2, 0.25) is 0 Å². The first-order valence-corrected chi connectivity index (χ1v) is 9.54. The molecule has 2 aliphatic carbocycles. The lowest BCUT2D eigenvalue weighted by molar-refractivity contribution is -0.118. The van der Waals surface area contributed by atoms with Crippen LogP contribution >= 0.6 is 0 Å². The maximum absolute atomic E-state index is 12.1. The minimum absolute atomic E-state index is 0.0446. The van der Waals surface area contributed by atoms with Gasteiger partial charge in [-0.2, -0.15) is 0 Å². The highest BCUT2D eigenvalue weighted by Gasteiger charge is 2.36. The zero-order valence-electron chi connectivity index (χ0n) is 16.5. The summed E-state index contributed by atoms with van der Waals surface area (Å²) in [6.45, 7) is 7.03. The molecule has 146 valence electrons. The lowest BCUT2D eigenvalue weighted by Crippen LogP contribution is -2.49. The molecular formula is C19H28BN3O4. The minimum Gasteiger partial charge on any atom is -0.427 e. The van der Waals surface area contributed by atoms with Gasteiger partial charge in [0.1, 0.15) is 11.6 Å². The molecule has 2 saturated carbocycles. The van der Waals surface area contributed by atoms with E-state index in [-0.39, 0.29) is 31.1 Å². The average molecular weight is 373 g/mol. The first kappa shape index (κ1) is 19.8. The fraction of sp³-hybridized carbons (Fsp3) is 0.632. The average Bonchev–Trinajstić information content (AvgIpc) is 3.45. The van der Waals surface area contributed by atoms with Gasteiger partial charge in [-0.25, -0.2) is 4.98 Å². The van der Waals surface area contributed by atoms with E-state index in [0.29, 0.717) is 11.6 Å². The summed E-state index contributed by atoms with van der Waals surface area (Å²) in [4.78, 5) is 28.5. The number of carbonyl (C=O) groups is 2. The smallest absolute Gasteiger partial charge is 0.309 e. The van der Waals surface area contributed by atoms with E-state index >= 15 is 0 Å². The number of amides is 2. The van der Waals surface area contributed by atoms with E-state index in [2.05, 4.69) is 15.6 Å². The number of aromatic nitrogens is 1. The predicted octanol–water partition coefficient (Wildman–Crippen LogP) is 1.32. The molecule has 0 aromatic carbocycles. The summed E-state index contributed by atoms with van der Waals surface area (Å²) < 4.78 is 5.92. The molecule has 8 heteroatoms. The Bertz CT molecular complexity index is 693. The highest BCUT2D eigenvalue weighted by atomic mass is 16.5. The zero-order chi connectivity index (χ0) is 19.8. The molecule has 0 saturated heterocycles. The normalized spacial score (nSPS) is 17.4. The number of hydrogen-bond acceptors (Lipinski definition) is 5. The second kappa shape index (κ2) is 7.24. The van der Waals surface area contributed by atoms with E-state index in [1.165, 1.54) is 0 Å². The molecule has 0 aliphatic heterocycles. The third kappa shape index (κ3) is 5.29. The summed E-state index contributed by atoms with van der Waals surface area (Å²) in [5.74, 6) is 0.838. The van der Waals surface area contributed by atoms with Crippen molar-refractivity contribution in [2.75, 3.05) is 10.6 Å². The molecule has 3 rings (SSSR count). The van der Waals surface area contributed by atoms with Gasteiger partial charge in [-0.3, -0.25) is 9.59 Å². The fourth-order valence-corrected chi connectivity index (χ4v) is 2.39. The van der Waals surface area contributed by atoms with E-state index in [1.54, 1.807) is 26.0 Å². The van der Waals surface area contributed by atoms with Crippen LogP contribution < -0.4 is 16.1 Å². The highest BCUT2D eigenvalue weighted by Crippen LogP contribution is 2.31. The van der Waals surface area contributed by atoms with Crippen molar-refractivity contribution >= 4 is 36.4 Å². The molecule has 0 spiro atoms. The van der Waals surface area contributed by atoms with Gasteiger partial charge in [0.15, 0.2) is 0 Å². The first-order valence-electron chi connectivity index (χ1n) is 9.54. The van der Waals surface area contributed by atoms with Crippen molar-refractivity contribution in [3.8, 4) is 0 Å². The Kier molecular flexibility index (Phi) is 5.32. The third-order valence-corrected chi connectivity index (χ3v) is 5.36. The quantitative estimate of drug-likeness (QED) is 0.597. The molecule has 2 amide bonds. The van der Waals surface area contributed by atoms with Crippen molar-refractivity contribution in [1.82, 2.24) is 4.98 Å². The van der Waals surface area contributed by atoms with Crippen LogP contribution in [0.1, 0.15) is 53.4 Å². The Labute approximate surface area is 160 Å². The van der Waals surface area contributed by atoms with Crippen molar-refractivity contribution in [2.45, 2.75) is 64.6 Å². The summed E-state index contributed by atoms with van der Waals surface area (Å²) in [6.07, 6.45) is 3.61. The Balaban J connectivity index is 1.75. The second-order valence-electron chi connectivity index (χ2n) is 8.63. The van der Waals surface area contributed by atoms with Crippen LogP contribution in [0.3, 0.4) is 0 Å². The number of pyridine rings is 1. The van der Waals surface area contributed by atoms with Crippen molar-refractivity contribution in [3.63, 3.8) is 0 Å². The van der Waals surface area contributed by atoms with Crippen molar-refractivity contribution in [3.05, 3.63) is 12.1 Å². The van der Waals surface area contributed by atoms with Gasteiger partial charge in [0.05, 0.1) is 11.2 Å². The molecule has 2 aliphatic rings. The Hall–Kier alpha value is -1.93. The number of anilines is 2. The van der Waals surface area contributed by atoms with Crippen LogP contribution in [-0.4, -0.2) is 40.6 Å². The highest BCUT2D eigenvalue weighted by molar-refractivity contribution is 6.47. The predicted molar refractivity (Wildman–Crippen MR) is 105 cm³/mol. The number of hydrogen-bond donors (Lipinski definition) is 3. The molecule has 0 unspecified atom stereocenters. The van der Waals surface area contributed by atoms with E-state index in [1.807, 2.05) is 13.8 Å². The molecule has 2 fully saturated rings. The topological polar surface area (TPSA) is 101 Å². The van der Waals surface area contributed by atoms with E-state index in [9.17, 15) is 14.7 Å². The van der Waals surface area contributed by atoms with Crippen LogP contribution in [0.4, 0.5) is 11.6 Å². The first-order chi connectivity index (χ1) is 12.5. The number of carbonyl (C=O) groups excluding carboxylic acids is 2. The monoisotopic (exact) mass is 373 g/mol. The SMILES string of the molecule is CC(C)(O)C(C)(C)OBc1cc(NC(=O)C2CC2)nc(NC(=O)C2CC2)c1. The summed E-state index contributed by atoms with van der Waals surface area (Å²) in [5, 5.41) is 15.9. The van der Waals surface area contributed by atoms with Crippen LogP contribution in [-0.2, 0) is 14.2 Å². The molecule has 1 aromatic heterocycles. The number of nitrogens with one attached hydrogen (secondary N) is 2. The standard InChI is InChI=1S/C19H28BN3O4/c1-18(2,26)19(3,4)27-20-13-9-14(22-16(24)11-5-6-11)21-15(10-13)23-17(25)12-7-8-12/h9-12,20,26H,5-8H2,1-4H3,(H2,21,22,23,24,25). The van der Waals surface area contributed by atoms with Gasteiger partial charge in [0, 0.05) is 11.8 Å². The zero-order valence-corrected chi connectivity index (χ0v) is 16.5. The van der Waals surface area contributed by atoms with Crippen molar-refractivity contribution in [1.29, 1.82) is 0 Å². The molecule has 3 N–H and O–H groups in total. The molecule has 1 aromatic rings. The summed E-state index contributed by atoms with van der Waals surface area (Å²) in [5.41, 5.74) is -1.03. The van der Waals surface area contributed by atoms with Gasteiger partial charge >= 0.3 is 7.48 Å². The summed E-state index contributed by atoms with van der Waals surface area (Å²) in [6, 6.07) is 3.49. The summed E-state index contributed by atoms with van der Waals surface area (Å²) >= 11 is 0. The summed E-state index contributed by atoms with van der Waals surface area (Å²) in [7, 11) is 0.220. The molecule has 1 heterocycles. The van der Waals surface area contributed by atoms with E-state index in [0.717, 1.165) is 31.1 Å². The molecule has 0 atom stereocenters. The van der Waals surface area contributed by atoms with Crippen LogP contribution in [0, 0.1) is 11.8 Å². The van der Waals surface area contributed by atoms with Crippen molar-refractivity contribution in [2.24, 2.45) is 11.8 Å². The van der Waals surface area contributed by atoms with Gasteiger partial charge in [-0.05, 0) is 71.0 Å². The Morgan fingerprint density at radius 2 is 1.48 bits per heavy atom. The number of rotatable bonds is 8. The second-order valence-corrected chi connectivity index (χ2v) is 8.63. The van der Waals surface area contributed by atoms with Gasteiger partial charge in [0.2, 0.25) is 11.8 Å². The van der Waals surface area contributed by atoms with Gasteiger partial charge in [-0.1, -0.05) is 0 Å².